The van der Waals surface area contributed by atoms with Crippen molar-refractivity contribution in [2.75, 3.05) is 7.11 Å². The Labute approximate surface area is 171 Å². The number of halogens is 5. The first kappa shape index (κ1) is 21.9. The van der Waals surface area contributed by atoms with Crippen LogP contribution in [0.15, 0.2) is 36.3 Å². The van der Waals surface area contributed by atoms with E-state index in [2.05, 4.69) is 20.4 Å². The van der Waals surface area contributed by atoms with Gasteiger partial charge < -0.3 is 15.4 Å². The van der Waals surface area contributed by atoms with Crippen LogP contribution < -0.4 is 15.4 Å². The predicted octanol–water partition coefficient (Wildman–Crippen LogP) is 5.32. The van der Waals surface area contributed by atoms with Crippen LogP contribution in [0.5, 0.6) is 5.75 Å². The van der Waals surface area contributed by atoms with Gasteiger partial charge in [0.15, 0.2) is 0 Å². The fourth-order valence-electron chi connectivity index (χ4n) is 3.39. The lowest BCUT2D eigenvalue weighted by Crippen LogP contribution is -2.20. The van der Waals surface area contributed by atoms with Crippen LogP contribution in [0.1, 0.15) is 43.9 Å². The van der Waals surface area contributed by atoms with Crippen molar-refractivity contribution in [3.63, 3.8) is 0 Å². The van der Waals surface area contributed by atoms with Crippen molar-refractivity contribution in [1.29, 1.82) is 0 Å². The highest BCUT2D eigenvalue weighted by Crippen LogP contribution is 2.38. The highest BCUT2D eigenvalue weighted by atomic mass is 19.4. The van der Waals surface area contributed by atoms with Crippen molar-refractivity contribution in [3.8, 4) is 17.0 Å². The van der Waals surface area contributed by atoms with Gasteiger partial charge in [-0.05, 0) is 31.5 Å². The van der Waals surface area contributed by atoms with Crippen LogP contribution in [0, 0.1) is 11.6 Å². The van der Waals surface area contributed by atoms with E-state index in [1.165, 1.54) is 0 Å². The Balaban J connectivity index is 1.90. The van der Waals surface area contributed by atoms with Gasteiger partial charge in [-0.15, -0.1) is 0 Å². The average Bonchev–Trinajstić information content (AvgIpc) is 3.15. The molecule has 2 aromatic rings. The standard InChI is InChI=1S/C21H22F5N3O/c1-4-12-5-13(9-27-12)29-11(2)14-6-18(23)15(7-17(14)22)19-8-16(21(24,25)26)20(30-3)10-28-19/h6-12,27,29H,4-5H2,1-3H3. The molecule has 0 bridgehead atoms. The number of methoxy groups -OCH3 is 1. The van der Waals surface area contributed by atoms with E-state index in [9.17, 15) is 22.0 Å². The number of hydrogen-bond acceptors (Lipinski definition) is 4. The highest BCUT2D eigenvalue weighted by molar-refractivity contribution is 5.63. The minimum Gasteiger partial charge on any atom is -0.495 e. The minimum absolute atomic E-state index is 0.0710. The summed E-state index contributed by atoms with van der Waals surface area (Å²) < 4.78 is 73.9. The second-order valence-electron chi connectivity index (χ2n) is 7.13. The largest absolute Gasteiger partial charge is 0.495 e. The fourth-order valence-corrected chi connectivity index (χ4v) is 3.39. The lowest BCUT2D eigenvalue weighted by atomic mass is 10.0. The van der Waals surface area contributed by atoms with E-state index in [-0.39, 0.29) is 16.8 Å². The van der Waals surface area contributed by atoms with Gasteiger partial charge in [0.2, 0.25) is 0 Å². The third kappa shape index (κ3) is 4.49. The van der Waals surface area contributed by atoms with Crippen molar-refractivity contribution in [1.82, 2.24) is 15.6 Å². The van der Waals surface area contributed by atoms with Gasteiger partial charge in [-0.2, -0.15) is 13.2 Å². The maximum atomic E-state index is 14.7. The molecule has 1 aliphatic heterocycles. The molecule has 3 rings (SSSR count). The molecule has 2 N–H and O–H groups in total. The first-order valence-corrected chi connectivity index (χ1v) is 9.46. The number of nitrogens with zero attached hydrogens (tertiary/aromatic N) is 1. The Morgan fingerprint density at radius 3 is 2.57 bits per heavy atom. The molecule has 0 saturated heterocycles. The van der Waals surface area contributed by atoms with Crippen LogP contribution in [0.2, 0.25) is 0 Å². The second-order valence-corrected chi connectivity index (χ2v) is 7.13. The SMILES string of the molecule is CCC1CC(NC(C)c2cc(F)c(-c3cc(C(F)(F)F)c(OC)cn3)cc2F)=CN1. The molecule has 30 heavy (non-hydrogen) atoms. The van der Waals surface area contributed by atoms with Gasteiger partial charge in [0, 0.05) is 35.5 Å². The van der Waals surface area contributed by atoms with Crippen molar-refractivity contribution in [2.45, 2.75) is 44.9 Å². The van der Waals surface area contributed by atoms with Crippen LogP contribution in [0.4, 0.5) is 22.0 Å². The Bertz CT molecular complexity index is 958. The van der Waals surface area contributed by atoms with Crippen LogP contribution in [-0.2, 0) is 6.18 Å². The normalized spacial score (nSPS) is 17.3. The van der Waals surface area contributed by atoms with Gasteiger partial charge >= 0.3 is 6.18 Å². The molecule has 1 aromatic heterocycles. The smallest absolute Gasteiger partial charge is 0.420 e. The highest BCUT2D eigenvalue weighted by Gasteiger charge is 2.35. The van der Waals surface area contributed by atoms with E-state index >= 15 is 0 Å². The molecular formula is C21H22F5N3O. The minimum atomic E-state index is -4.73. The summed E-state index contributed by atoms with van der Waals surface area (Å²) in [5.74, 6) is -2.10. The molecule has 0 radical (unpaired) electrons. The van der Waals surface area contributed by atoms with E-state index in [0.29, 0.717) is 12.1 Å². The number of hydrogen-bond donors (Lipinski definition) is 2. The summed E-state index contributed by atoms with van der Waals surface area (Å²) in [4.78, 5) is 3.81. The van der Waals surface area contributed by atoms with Gasteiger partial charge in [0.25, 0.3) is 0 Å². The van der Waals surface area contributed by atoms with Gasteiger partial charge in [-0.3, -0.25) is 4.98 Å². The molecule has 0 spiro atoms. The third-order valence-corrected chi connectivity index (χ3v) is 5.08. The van der Waals surface area contributed by atoms with Crippen molar-refractivity contribution in [2.24, 2.45) is 0 Å². The Morgan fingerprint density at radius 1 is 1.23 bits per heavy atom. The zero-order valence-corrected chi connectivity index (χ0v) is 16.7. The first-order valence-electron chi connectivity index (χ1n) is 9.46. The number of pyridine rings is 1. The van der Waals surface area contributed by atoms with Crippen molar-refractivity contribution in [3.05, 3.63) is 59.1 Å². The van der Waals surface area contributed by atoms with Gasteiger partial charge in [0.1, 0.15) is 22.9 Å². The zero-order chi connectivity index (χ0) is 22.1. The van der Waals surface area contributed by atoms with E-state index in [1.807, 2.05) is 13.1 Å². The molecule has 2 unspecified atom stereocenters. The molecule has 162 valence electrons. The number of rotatable bonds is 6. The number of ether oxygens (including phenoxy) is 1. The quantitative estimate of drug-likeness (QED) is 0.613. The zero-order valence-electron chi connectivity index (χ0n) is 16.7. The number of aromatic nitrogens is 1. The molecule has 9 heteroatoms. The maximum absolute atomic E-state index is 14.7. The average molecular weight is 427 g/mol. The van der Waals surface area contributed by atoms with E-state index in [0.717, 1.165) is 44.0 Å². The molecule has 0 fully saturated rings. The third-order valence-electron chi connectivity index (χ3n) is 5.08. The van der Waals surface area contributed by atoms with E-state index < -0.39 is 35.2 Å². The Morgan fingerprint density at radius 2 is 1.97 bits per heavy atom. The summed E-state index contributed by atoms with van der Waals surface area (Å²) in [5, 5.41) is 6.34. The number of nitrogens with one attached hydrogen (secondary N) is 2. The molecular weight excluding hydrogens is 405 g/mol. The summed E-state index contributed by atoms with van der Waals surface area (Å²) in [6.07, 6.45) is -0.387. The van der Waals surface area contributed by atoms with Crippen molar-refractivity contribution < 1.29 is 26.7 Å². The molecule has 0 saturated carbocycles. The van der Waals surface area contributed by atoms with Gasteiger partial charge in [0.05, 0.1) is 25.0 Å². The van der Waals surface area contributed by atoms with E-state index in [4.69, 9.17) is 0 Å². The predicted molar refractivity (Wildman–Crippen MR) is 103 cm³/mol. The lowest BCUT2D eigenvalue weighted by Gasteiger charge is -2.19. The van der Waals surface area contributed by atoms with Gasteiger partial charge in [-0.25, -0.2) is 8.78 Å². The molecule has 1 aromatic carbocycles. The lowest BCUT2D eigenvalue weighted by molar-refractivity contribution is -0.138. The molecule has 0 amide bonds. The summed E-state index contributed by atoms with van der Waals surface area (Å²) in [6.45, 7) is 3.73. The van der Waals surface area contributed by atoms with Crippen LogP contribution in [0.3, 0.4) is 0 Å². The summed E-state index contributed by atoms with van der Waals surface area (Å²) in [7, 11) is 1.08. The summed E-state index contributed by atoms with van der Waals surface area (Å²) >= 11 is 0. The summed E-state index contributed by atoms with van der Waals surface area (Å²) in [5.41, 5.74) is -0.851. The monoisotopic (exact) mass is 427 g/mol. The topological polar surface area (TPSA) is 46.2 Å². The van der Waals surface area contributed by atoms with Crippen LogP contribution >= 0.6 is 0 Å². The van der Waals surface area contributed by atoms with Gasteiger partial charge in [-0.1, -0.05) is 6.92 Å². The fraction of sp³-hybridized carbons (Fsp3) is 0.381. The molecule has 2 heterocycles. The Hall–Kier alpha value is -2.84. The molecule has 4 nitrogen and oxygen atoms in total. The summed E-state index contributed by atoms with van der Waals surface area (Å²) in [6, 6.07) is 2.27. The second kappa shape index (κ2) is 8.49. The van der Waals surface area contributed by atoms with Crippen molar-refractivity contribution >= 4 is 0 Å². The maximum Gasteiger partial charge on any atom is 0.420 e. The molecule has 1 aliphatic rings. The van der Waals surface area contributed by atoms with Crippen LogP contribution in [-0.4, -0.2) is 18.1 Å². The molecule has 0 aliphatic carbocycles. The first-order chi connectivity index (χ1) is 14.1. The Kier molecular flexibility index (Phi) is 6.19. The number of alkyl halides is 3. The molecule has 2 atom stereocenters. The number of benzene rings is 1. The van der Waals surface area contributed by atoms with Crippen LogP contribution in [0.25, 0.3) is 11.3 Å². The van der Waals surface area contributed by atoms with E-state index in [1.54, 1.807) is 6.92 Å².